The maximum absolute atomic E-state index is 12.9. The standard InChI is InChI=1S/C28H28ClF3N4O3S/c1-16-10-18(29)11-21(25(16)39-23-5-8-34(3)13-17(23)2)20-4-7-33-22-12-19(40-26(20)22)14-36-24(37)6-9-35(27(36)38)15-28(30,31)32/h4,6-7,9-12,17,23H,5,8,13-15H2,1-3H3/t17-,23+/m0/s1. The van der Waals surface area contributed by atoms with Crippen molar-refractivity contribution in [1.82, 2.24) is 19.0 Å². The minimum absolute atomic E-state index is 0.0369. The molecule has 0 unspecified atom stereocenters. The monoisotopic (exact) mass is 592 g/mol. The average Bonchev–Trinajstić information content (AvgIpc) is 3.28. The van der Waals surface area contributed by atoms with Crippen LogP contribution in [0.2, 0.25) is 5.02 Å². The van der Waals surface area contributed by atoms with E-state index in [-0.39, 0.29) is 12.6 Å². The average molecular weight is 593 g/mol. The molecule has 1 saturated heterocycles. The Morgan fingerprint density at radius 2 is 1.95 bits per heavy atom. The maximum Gasteiger partial charge on any atom is 0.406 e. The maximum atomic E-state index is 12.9. The quantitative estimate of drug-likeness (QED) is 0.292. The molecule has 12 heteroatoms. The normalized spacial score (nSPS) is 18.4. The fourth-order valence-electron chi connectivity index (χ4n) is 5.19. The number of hydrogen-bond acceptors (Lipinski definition) is 6. The lowest BCUT2D eigenvalue weighted by atomic mass is 9.96. The van der Waals surface area contributed by atoms with Crippen LogP contribution in [0.25, 0.3) is 21.3 Å². The van der Waals surface area contributed by atoms with Gasteiger partial charge < -0.3 is 9.64 Å². The van der Waals surface area contributed by atoms with Gasteiger partial charge >= 0.3 is 11.9 Å². The molecular formula is C28H28ClF3N4O3S. The van der Waals surface area contributed by atoms with Crippen molar-refractivity contribution in [3.8, 4) is 16.9 Å². The fourth-order valence-corrected chi connectivity index (χ4v) is 6.60. The van der Waals surface area contributed by atoms with Crippen LogP contribution in [0.5, 0.6) is 5.75 Å². The predicted octanol–water partition coefficient (Wildman–Crippen LogP) is 5.58. The van der Waals surface area contributed by atoms with Crippen LogP contribution in [-0.2, 0) is 13.1 Å². The molecule has 0 N–H and O–H groups in total. The molecule has 0 amide bonds. The van der Waals surface area contributed by atoms with E-state index in [9.17, 15) is 22.8 Å². The lowest BCUT2D eigenvalue weighted by Gasteiger charge is -2.35. The summed E-state index contributed by atoms with van der Waals surface area (Å²) < 4.78 is 47.5. The smallest absolute Gasteiger partial charge is 0.406 e. The first kappa shape index (κ1) is 28.4. The second-order valence-electron chi connectivity index (χ2n) is 10.3. The Morgan fingerprint density at radius 1 is 1.18 bits per heavy atom. The van der Waals surface area contributed by atoms with Crippen LogP contribution >= 0.6 is 22.9 Å². The van der Waals surface area contributed by atoms with E-state index in [0.717, 1.165) is 63.5 Å². The van der Waals surface area contributed by atoms with Crippen LogP contribution in [0.1, 0.15) is 23.8 Å². The summed E-state index contributed by atoms with van der Waals surface area (Å²) in [4.78, 5) is 32.5. The lowest BCUT2D eigenvalue weighted by Crippen LogP contribution is -2.42. The van der Waals surface area contributed by atoms with Gasteiger partial charge in [0.15, 0.2) is 0 Å². The van der Waals surface area contributed by atoms with E-state index >= 15 is 0 Å². The van der Waals surface area contributed by atoms with Crippen molar-refractivity contribution >= 4 is 33.2 Å². The van der Waals surface area contributed by atoms with E-state index < -0.39 is 24.0 Å². The molecular weight excluding hydrogens is 565 g/mol. The molecule has 40 heavy (non-hydrogen) atoms. The number of thiophene rings is 1. The molecule has 212 valence electrons. The van der Waals surface area contributed by atoms with Crippen LogP contribution in [0.4, 0.5) is 13.2 Å². The molecule has 4 heterocycles. The topological polar surface area (TPSA) is 69.4 Å². The van der Waals surface area contributed by atoms with Gasteiger partial charge in [-0.2, -0.15) is 13.2 Å². The van der Waals surface area contributed by atoms with E-state index in [1.54, 1.807) is 12.3 Å². The highest BCUT2D eigenvalue weighted by molar-refractivity contribution is 7.19. The SMILES string of the molecule is Cc1cc(Cl)cc(-c2ccnc3cc(Cn4c(=O)ccn(CC(F)(F)F)c4=O)sc23)c1O[C@@H]1CCN(C)C[C@@H]1C. The molecule has 1 aliphatic rings. The number of aryl methyl sites for hydroxylation is 1. The Bertz CT molecular complexity index is 1680. The van der Waals surface area contributed by atoms with Crippen LogP contribution in [-0.4, -0.2) is 51.4 Å². The summed E-state index contributed by atoms with van der Waals surface area (Å²) in [6.07, 6.45) is -1.13. The Kier molecular flexibility index (Phi) is 7.82. The number of ether oxygens (including phenoxy) is 1. The van der Waals surface area contributed by atoms with Crippen molar-refractivity contribution in [3.63, 3.8) is 0 Å². The van der Waals surface area contributed by atoms with E-state index in [1.807, 2.05) is 25.1 Å². The Labute approximate surface area is 237 Å². The largest absolute Gasteiger partial charge is 0.489 e. The van der Waals surface area contributed by atoms with Gasteiger partial charge in [0.1, 0.15) is 18.4 Å². The zero-order chi connectivity index (χ0) is 28.8. The second kappa shape index (κ2) is 11.0. The minimum atomic E-state index is -4.59. The van der Waals surface area contributed by atoms with Crippen LogP contribution in [0, 0.1) is 12.8 Å². The molecule has 0 bridgehead atoms. The van der Waals surface area contributed by atoms with Gasteiger partial charge in [0, 0.05) is 58.5 Å². The van der Waals surface area contributed by atoms with Gasteiger partial charge in [-0.05, 0) is 50.2 Å². The number of benzene rings is 1. The number of fused-ring (bicyclic) bond motifs is 1. The van der Waals surface area contributed by atoms with Gasteiger partial charge in [0.05, 0.1) is 16.8 Å². The van der Waals surface area contributed by atoms with E-state index in [1.165, 1.54) is 11.3 Å². The number of pyridine rings is 1. The van der Waals surface area contributed by atoms with Crippen molar-refractivity contribution < 1.29 is 17.9 Å². The number of nitrogens with zero attached hydrogens (tertiary/aromatic N) is 4. The van der Waals surface area contributed by atoms with Gasteiger partial charge in [-0.1, -0.05) is 18.5 Å². The zero-order valence-corrected chi connectivity index (χ0v) is 23.7. The highest BCUT2D eigenvalue weighted by Crippen LogP contribution is 2.42. The third-order valence-corrected chi connectivity index (χ3v) is 8.46. The fraction of sp³-hybridized carbons (Fsp3) is 0.393. The highest BCUT2D eigenvalue weighted by atomic mass is 35.5. The van der Waals surface area contributed by atoms with Crippen molar-refractivity contribution in [2.45, 2.75) is 45.6 Å². The first-order chi connectivity index (χ1) is 18.9. The summed E-state index contributed by atoms with van der Waals surface area (Å²) >= 11 is 7.81. The molecule has 3 aromatic heterocycles. The first-order valence-corrected chi connectivity index (χ1v) is 14.0. The number of piperidine rings is 1. The summed E-state index contributed by atoms with van der Waals surface area (Å²) in [5, 5.41) is 0.555. The molecule has 2 atom stereocenters. The lowest BCUT2D eigenvalue weighted by molar-refractivity contribution is -0.141. The van der Waals surface area contributed by atoms with Crippen molar-refractivity contribution in [3.05, 3.63) is 79.0 Å². The molecule has 4 aromatic rings. The number of alkyl halides is 3. The molecule has 0 spiro atoms. The molecule has 1 aliphatic heterocycles. The van der Waals surface area contributed by atoms with Gasteiger partial charge in [-0.15, -0.1) is 11.3 Å². The number of halogens is 4. The number of hydrogen-bond donors (Lipinski definition) is 0. The van der Waals surface area contributed by atoms with Gasteiger partial charge in [0.2, 0.25) is 0 Å². The number of aromatic nitrogens is 3. The summed E-state index contributed by atoms with van der Waals surface area (Å²) in [7, 11) is 2.10. The Hall–Kier alpha value is -3.15. The van der Waals surface area contributed by atoms with Gasteiger partial charge in [-0.3, -0.25) is 18.9 Å². The summed E-state index contributed by atoms with van der Waals surface area (Å²) in [5.41, 5.74) is 1.47. The predicted molar refractivity (Wildman–Crippen MR) is 151 cm³/mol. The van der Waals surface area contributed by atoms with Crippen LogP contribution in [0.15, 0.2) is 52.3 Å². The molecule has 5 rings (SSSR count). The van der Waals surface area contributed by atoms with Crippen molar-refractivity contribution in [2.75, 3.05) is 20.1 Å². The van der Waals surface area contributed by atoms with Crippen molar-refractivity contribution in [1.29, 1.82) is 0 Å². The Morgan fingerprint density at radius 3 is 2.67 bits per heavy atom. The van der Waals surface area contributed by atoms with Crippen molar-refractivity contribution in [2.24, 2.45) is 5.92 Å². The zero-order valence-electron chi connectivity index (χ0n) is 22.2. The highest BCUT2D eigenvalue weighted by Gasteiger charge is 2.29. The summed E-state index contributed by atoms with van der Waals surface area (Å²) in [6, 6.07) is 8.30. The number of rotatable bonds is 6. The molecule has 1 aromatic carbocycles. The minimum Gasteiger partial charge on any atom is -0.489 e. The second-order valence-corrected chi connectivity index (χ2v) is 11.9. The van der Waals surface area contributed by atoms with E-state index in [2.05, 4.69) is 23.9 Å². The molecule has 7 nitrogen and oxygen atoms in total. The summed E-state index contributed by atoms with van der Waals surface area (Å²) in [5.74, 6) is 1.07. The van der Waals surface area contributed by atoms with Crippen LogP contribution < -0.4 is 16.0 Å². The molecule has 0 saturated carbocycles. The summed E-state index contributed by atoms with van der Waals surface area (Å²) in [6.45, 7) is 4.35. The Balaban J connectivity index is 1.54. The first-order valence-electron chi connectivity index (χ1n) is 12.8. The third-order valence-electron chi connectivity index (χ3n) is 7.09. The number of likely N-dealkylation sites (tertiary alicyclic amines) is 1. The molecule has 0 radical (unpaired) electrons. The molecule has 1 fully saturated rings. The van der Waals surface area contributed by atoms with Gasteiger partial charge in [0.25, 0.3) is 5.56 Å². The van der Waals surface area contributed by atoms with Crippen LogP contribution in [0.3, 0.4) is 0 Å². The molecule has 0 aliphatic carbocycles. The third kappa shape index (κ3) is 5.96. The van der Waals surface area contributed by atoms with E-state index in [4.69, 9.17) is 16.3 Å². The van der Waals surface area contributed by atoms with E-state index in [0.29, 0.717) is 25.9 Å². The van der Waals surface area contributed by atoms with Gasteiger partial charge in [-0.25, -0.2) is 4.79 Å².